The van der Waals surface area contributed by atoms with Gasteiger partial charge in [-0.15, -0.1) is 21.5 Å². The minimum atomic E-state index is -0.143. The second kappa shape index (κ2) is 8.53. The molecule has 5 rings (SSSR count). The van der Waals surface area contributed by atoms with E-state index in [0.29, 0.717) is 38.0 Å². The molecule has 9 heteroatoms. The number of rotatable bonds is 5. The van der Waals surface area contributed by atoms with Crippen LogP contribution in [0.1, 0.15) is 49.7 Å². The van der Waals surface area contributed by atoms with Crippen LogP contribution in [-0.2, 0) is 5.75 Å². The Bertz CT molecular complexity index is 1230. The molecule has 0 unspecified atom stereocenters. The monoisotopic (exact) mass is 458 g/mol. The van der Waals surface area contributed by atoms with E-state index in [1.165, 1.54) is 42.4 Å². The van der Waals surface area contributed by atoms with Crippen LogP contribution in [0.25, 0.3) is 21.3 Å². The predicted molar refractivity (Wildman–Crippen MR) is 120 cm³/mol. The summed E-state index contributed by atoms with van der Waals surface area (Å²) >= 11 is 8.84. The summed E-state index contributed by atoms with van der Waals surface area (Å²) in [5.74, 6) is 2.18. The Balaban J connectivity index is 1.34. The SMILES string of the molecule is O=c1[nH]c(CSc2nnc(C3CCCCC3)o2)nc2scc(-c3ccc(Cl)cc3)c12. The number of hydrogen-bond donors (Lipinski definition) is 1. The summed E-state index contributed by atoms with van der Waals surface area (Å²) in [7, 11) is 0. The van der Waals surface area contributed by atoms with Crippen molar-refractivity contribution in [2.45, 2.75) is 49.0 Å². The fraction of sp³-hybridized carbons (Fsp3) is 0.333. The number of nitrogens with zero attached hydrogens (tertiary/aromatic N) is 3. The molecule has 0 amide bonds. The van der Waals surface area contributed by atoms with Crippen LogP contribution in [0.15, 0.2) is 44.1 Å². The Morgan fingerprint density at radius 1 is 1.17 bits per heavy atom. The molecule has 0 aliphatic heterocycles. The lowest BCUT2D eigenvalue weighted by Gasteiger charge is -2.17. The fourth-order valence-electron chi connectivity index (χ4n) is 3.83. The molecule has 3 aromatic heterocycles. The first-order chi connectivity index (χ1) is 14.7. The van der Waals surface area contributed by atoms with Gasteiger partial charge >= 0.3 is 0 Å². The van der Waals surface area contributed by atoms with Gasteiger partial charge < -0.3 is 9.40 Å². The number of benzene rings is 1. The lowest BCUT2D eigenvalue weighted by Crippen LogP contribution is -2.10. The number of thioether (sulfide) groups is 1. The third-order valence-corrected chi connectivity index (χ3v) is 7.31. The molecule has 3 heterocycles. The van der Waals surface area contributed by atoms with Gasteiger partial charge in [-0.25, -0.2) is 4.98 Å². The van der Waals surface area contributed by atoms with Crippen molar-refractivity contribution in [3.05, 3.63) is 56.7 Å². The zero-order valence-corrected chi connectivity index (χ0v) is 18.4. The number of fused-ring (bicyclic) bond motifs is 1. The zero-order valence-electron chi connectivity index (χ0n) is 16.1. The molecule has 1 aliphatic carbocycles. The maximum absolute atomic E-state index is 12.8. The summed E-state index contributed by atoms with van der Waals surface area (Å²) in [6, 6.07) is 7.46. The number of halogens is 1. The fourth-order valence-corrected chi connectivity index (χ4v) is 5.56. The van der Waals surface area contributed by atoms with E-state index in [1.54, 1.807) is 0 Å². The van der Waals surface area contributed by atoms with E-state index < -0.39 is 0 Å². The topological polar surface area (TPSA) is 84.7 Å². The summed E-state index contributed by atoms with van der Waals surface area (Å²) in [4.78, 5) is 21.0. The summed E-state index contributed by atoms with van der Waals surface area (Å²) in [5.41, 5.74) is 1.67. The molecule has 154 valence electrons. The molecule has 1 fully saturated rings. The number of aromatic amines is 1. The third kappa shape index (κ3) is 4.04. The van der Waals surface area contributed by atoms with Gasteiger partial charge in [0.15, 0.2) is 0 Å². The van der Waals surface area contributed by atoms with E-state index in [2.05, 4.69) is 20.2 Å². The van der Waals surface area contributed by atoms with Crippen molar-refractivity contribution in [3.8, 4) is 11.1 Å². The highest BCUT2D eigenvalue weighted by molar-refractivity contribution is 7.98. The van der Waals surface area contributed by atoms with Crippen LogP contribution < -0.4 is 5.56 Å². The molecular weight excluding hydrogens is 440 g/mol. The maximum atomic E-state index is 12.8. The smallest absolute Gasteiger partial charge is 0.277 e. The minimum Gasteiger partial charge on any atom is -0.416 e. The molecule has 30 heavy (non-hydrogen) atoms. The second-order valence-electron chi connectivity index (χ2n) is 7.38. The normalized spacial score (nSPS) is 15.1. The van der Waals surface area contributed by atoms with Crippen LogP contribution in [0.4, 0.5) is 0 Å². The zero-order chi connectivity index (χ0) is 20.5. The Morgan fingerprint density at radius 3 is 2.77 bits per heavy atom. The van der Waals surface area contributed by atoms with Crippen molar-refractivity contribution >= 4 is 44.9 Å². The number of hydrogen-bond acceptors (Lipinski definition) is 7. The molecule has 1 saturated carbocycles. The van der Waals surface area contributed by atoms with Crippen LogP contribution >= 0.6 is 34.7 Å². The van der Waals surface area contributed by atoms with E-state index in [9.17, 15) is 4.79 Å². The Hall–Kier alpha value is -2.16. The van der Waals surface area contributed by atoms with Crippen molar-refractivity contribution in [2.24, 2.45) is 0 Å². The number of aromatic nitrogens is 4. The molecule has 6 nitrogen and oxygen atoms in total. The van der Waals surface area contributed by atoms with Crippen LogP contribution in [0, 0.1) is 0 Å². The third-order valence-electron chi connectivity index (χ3n) is 5.36. The summed E-state index contributed by atoms with van der Waals surface area (Å²) < 4.78 is 5.85. The molecule has 0 saturated heterocycles. The summed E-state index contributed by atoms with van der Waals surface area (Å²) in [6.07, 6.45) is 5.97. The van der Waals surface area contributed by atoms with Gasteiger partial charge in [0.1, 0.15) is 10.7 Å². The van der Waals surface area contributed by atoms with Crippen LogP contribution in [0.3, 0.4) is 0 Å². The van der Waals surface area contributed by atoms with Gasteiger partial charge in [0, 0.05) is 21.9 Å². The van der Waals surface area contributed by atoms with Crippen molar-refractivity contribution in [1.82, 2.24) is 20.2 Å². The molecule has 0 bridgehead atoms. The highest BCUT2D eigenvalue weighted by atomic mass is 35.5. The number of thiophene rings is 1. The maximum Gasteiger partial charge on any atom is 0.277 e. The molecule has 0 radical (unpaired) electrons. The second-order valence-corrected chi connectivity index (χ2v) is 9.60. The summed E-state index contributed by atoms with van der Waals surface area (Å²) in [6.45, 7) is 0. The van der Waals surface area contributed by atoms with Gasteiger partial charge in [-0.1, -0.05) is 54.8 Å². The molecule has 4 aromatic rings. The molecule has 1 aromatic carbocycles. The van der Waals surface area contributed by atoms with Gasteiger partial charge in [0.25, 0.3) is 10.8 Å². The quantitative estimate of drug-likeness (QED) is 0.367. The molecule has 0 spiro atoms. The van der Waals surface area contributed by atoms with Crippen molar-refractivity contribution < 1.29 is 4.42 Å². The van der Waals surface area contributed by atoms with Gasteiger partial charge in [-0.2, -0.15) is 0 Å². The van der Waals surface area contributed by atoms with Crippen molar-refractivity contribution in [3.63, 3.8) is 0 Å². The van der Waals surface area contributed by atoms with Crippen LogP contribution in [0.2, 0.25) is 5.02 Å². The van der Waals surface area contributed by atoms with Crippen molar-refractivity contribution in [1.29, 1.82) is 0 Å². The van der Waals surface area contributed by atoms with E-state index in [-0.39, 0.29) is 5.56 Å². The largest absolute Gasteiger partial charge is 0.416 e. The summed E-state index contributed by atoms with van der Waals surface area (Å²) in [5, 5.41) is 12.1. The number of nitrogens with one attached hydrogen (secondary N) is 1. The molecule has 1 N–H and O–H groups in total. The number of H-pyrrole nitrogens is 1. The average molecular weight is 459 g/mol. The van der Waals surface area contributed by atoms with Gasteiger partial charge in [-0.3, -0.25) is 4.79 Å². The average Bonchev–Trinajstić information content (AvgIpc) is 3.41. The first kappa shape index (κ1) is 19.8. The Labute approximate surface area is 186 Å². The molecular formula is C21H19ClN4O2S2. The van der Waals surface area contributed by atoms with Gasteiger partial charge in [-0.05, 0) is 30.5 Å². The molecule has 1 aliphatic rings. The lowest BCUT2D eigenvalue weighted by atomic mass is 9.89. The standard InChI is InChI=1S/C21H19ClN4O2S2/c22-14-8-6-12(7-9-14)15-10-29-20-17(15)18(27)23-16(24-20)11-30-21-26-25-19(28-21)13-4-2-1-3-5-13/h6-10,13H,1-5,11H2,(H,23,24,27). The first-order valence-electron chi connectivity index (χ1n) is 9.90. The van der Waals surface area contributed by atoms with E-state index in [1.807, 2.05) is 29.6 Å². The van der Waals surface area contributed by atoms with Gasteiger partial charge in [0.05, 0.1) is 11.1 Å². The first-order valence-corrected chi connectivity index (χ1v) is 12.1. The van der Waals surface area contributed by atoms with E-state index >= 15 is 0 Å². The Morgan fingerprint density at radius 2 is 1.97 bits per heavy atom. The Kier molecular flexibility index (Phi) is 5.62. The highest BCUT2D eigenvalue weighted by Crippen LogP contribution is 2.34. The van der Waals surface area contributed by atoms with Crippen molar-refractivity contribution in [2.75, 3.05) is 0 Å². The minimum absolute atomic E-state index is 0.143. The van der Waals surface area contributed by atoms with Gasteiger partial charge in [0.2, 0.25) is 5.89 Å². The lowest BCUT2D eigenvalue weighted by molar-refractivity contribution is 0.334. The van der Waals surface area contributed by atoms with E-state index in [4.69, 9.17) is 16.0 Å². The van der Waals surface area contributed by atoms with Crippen LogP contribution in [0.5, 0.6) is 0 Å². The highest BCUT2D eigenvalue weighted by Gasteiger charge is 2.21. The predicted octanol–water partition coefficient (Wildman–Crippen LogP) is 6.03. The molecule has 0 atom stereocenters. The van der Waals surface area contributed by atoms with E-state index in [0.717, 1.165) is 29.9 Å². The van der Waals surface area contributed by atoms with Crippen LogP contribution in [-0.4, -0.2) is 20.2 Å².